The third-order valence-corrected chi connectivity index (χ3v) is 3.40. The zero-order chi connectivity index (χ0) is 16.7. The maximum absolute atomic E-state index is 11.8. The fourth-order valence-electron chi connectivity index (χ4n) is 2.21. The number of nitrogens with zero attached hydrogens (tertiary/aromatic N) is 1. The number of amides is 1. The Morgan fingerprint density at radius 3 is 2.83 bits per heavy atom. The van der Waals surface area contributed by atoms with Crippen molar-refractivity contribution in [2.75, 3.05) is 7.11 Å². The summed E-state index contributed by atoms with van der Waals surface area (Å²) in [6.07, 6.45) is 2.63. The summed E-state index contributed by atoms with van der Waals surface area (Å²) in [5, 5.41) is 13.4. The number of phenols is 1. The van der Waals surface area contributed by atoms with E-state index in [1.54, 1.807) is 37.6 Å². The molecule has 0 unspecified atom stereocenters. The van der Waals surface area contributed by atoms with Gasteiger partial charge in [0, 0.05) is 0 Å². The lowest BCUT2D eigenvalue weighted by Crippen LogP contribution is -2.19. The van der Waals surface area contributed by atoms with E-state index in [-0.39, 0.29) is 18.1 Å². The number of aromatic hydroxyl groups is 1. The Morgan fingerprint density at radius 2 is 2.13 bits per heavy atom. The minimum Gasteiger partial charge on any atom is -0.508 e. The predicted molar refractivity (Wildman–Crippen MR) is 89.9 cm³/mol. The Kier molecular flexibility index (Phi) is 5.74. The smallest absolute Gasteiger partial charge is 0.244 e. The highest BCUT2D eigenvalue weighted by Crippen LogP contribution is 2.17. The molecule has 0 heterocycles. The minimum absolute atomic E-state index is 0.143. The van der Waals surface area contributed by atoms with Gasteiger partial charge in [0.25, 0.3) is 0 Å². The third kappa shape index (κ3) is 4.85. The van der Waals surface area contributed by atoms with Gasteiger partial charge in [0.1, 0.15) is 11.5 Å². The van der Waals surface area contributed by atoms with E-state index in [9.17, 15) is 9.90 Å². The number of aryl methyl sites for hydroxylation is 1. The van der Waals surface area contributed by atoms with Crippen molar-refractivity contribution in [3.8, 4) is 11.5 Å². The number of carbonyl (C=O) groups is 1. The number of rotatable bonds is 6. The molecule has 2 aromatic carbocycles. The molecule has 0 aliphatic heterocycles. The first-order valence-electron chi connectivity index (χ1n) is 7.39. The highest BCUT2D eigenvalue weighted by Gasteiger charge is 2.04. The number of carbonyl (C=O) groups excluding carboxylic acids is 1. The van der Waals surface area contributed by atoms with Gasteiger partial charge in [0.2, 0.25) is 5.91 Å². The van der Waals surface area contributed by atoms with E-state index >= 15 is 0 Å². The SMILES string of the molecule is CCc1cc(OC)ccc1/C=N/NC(=O)Cc1cccc(O)c1. The van der Waals surface area contributed by atoms with Crippen LogP contribution < -0.4 is 10.2 Å². The summed E-state index contributed by atoms with van der Waals surface area (Å²) in [5.41, 5.74) is 5.26. The number of nitrogens with one attached hydrogen (secondary N) is 1. The van der Waals surface area contributed by atoms with Crippen molar-refractivity contribution in [2.45, 2.75) is 19.8 Å². The minimum atomic E-state index is -0.238. The van der Waals surface area contributed by atoms with Crippen LogP contribution in [-0.2, 0) is 17.6 Å². The Balaban J connectivity index is 1.97. The van der Waals surface area contributed by atoms with Crippen LogP contribution in [0.5, 0.6) is 11.5 Å². The molecule has 2 aromatic rings. The number of ether oxygens (including phenoxy) is 1. The first-order valence-corrected chi connectivity index (χ1v) is 7.39. The van der Waals surface area contributed by atoms with Gasteiger partial charge in [-0.1, -0.05) is 19.1 Å². The van der Waals surface area contributed by atoms with Gasteiger partial charge in [-0.15, -0.1) is 0 Å². The zero-order valence-electron chi connectivity index (χ0n) is 13.2. The average Bonchev–Trinajstić information content (AvgIpc) is 2.55. The molecular weight excluding hydrogens is 292 g/mol. The van der Waals surface area contributed by atoms with Crippen molar-refractivity contribution in [1.29, 1.82) is 0 Å². The van der Waals surface area contributed by atoms with Crippen LogP contribution in [-0.4, -0.2) is 24.3 Å². The van der Waals surface area contributed by atoms with Crippen LogP contribution in [0.3, 0.4) is 0 Å². The van der Waals surface area contributed by atoms with Crippen LogP contribution in [0.4, 0.5) is 0 Å². The van der Waals surface area contributed by atoms with Gasteiger partial charge in [-0.2, -0.15) is 5.10 Å². The normalized spacial score (nSPS) is 10.7. The number of hydrogen-bond acceptors (Lipinski definition) is 4. The molecular formula is C18H20N2O3. The zero-order valence-corrected chi connectivity index (χ0v) is 13.2. The van der Waals surface area contributed by atoms with Crippen LogP contribution in [0.25, 0.3) is 0 Å². The van der Waals surface area contributed by atoms with Gasteiger partial charge < -0.3 is 9.84 Å². The first-order chi connectivity index (χ1) is 11.1. The van der Waals surface area contributed by atoms with Crippen LogP contribution in [0.1, 0.15) is 23.6 Å². The molecule has 0 aromatic heterocycles. The molecule has 2 rings (SSSR count). The summed E-state index contributed by atoms with van der Waals surface area (Å²) in [7, 11) is 1.63. The molecule has 0 spiro atoms. The fraction of sp³-hybridized carbons (Fsp3) is 0.222. The molecule has 0 atom stereocenters. The van der Waals surface area contributed by atoms with Gasteiger partial charge in [-0.3, -0.25) is 4.79 Å². The van der Waals surface area contributed by atoms with Crippen molar-refractivity contribution in [3.63, 3.8) is 0 Å². The molecule has 120 valence electrons. The van der Waals surface area contributed by atoms with E-state index in [4.69, 9.17) is 4.74 Å². The molecule has 0 fully saturated rings. The molecule has 2 N–H and O–H groups in total. The lowest BCUT2D eigenvalue weighted by Gasteiger charge is -2.06. The number of benzene rings is 2. The van der Waals surface area contributed by atoms with E-state index < -0.39 is 0 Å². The molecule has 0 aliphatic rings. The van der Waals surface area contributed by atoms with E-state index in [0.29, 0.717) is 0 Å². The standard InChI is InChI=1S/C18H20N2O3/c1-3-14-11-17(23-2)8-7-15(14)12-19-20-18(22)10-13-5-4-6-16(21)9-13/h4-9,11-12,21H,3,10H2,1-2H3,(H,20,22)/b19-12+. The average molecular weight is 312 g/mol. The summed E-state index contributed by atoms with van der Waals surface area (Å²) in [6.45, 7) is 2.05. The van der Waals surface area contributed by atoms with Gasteiger partial charge >= 0.3 is 0 Å². The summed E-state index contributed by atoms with van der Waals surface area (Å²) in [6, 6.07) is 12.3. The Morgan fingerprint density at radius 1 is 1.30 bits per heavy atom. The van der Waals surface area contributed by atoms with Crippen molar-refractivity contribution < 1.29 is 14.6 Å². The Bertz CT molecular complexity index is 711. The van der Waals surface area contributed by atoms with E-state index in [1.165, 1.54) is 0 Å². The summed E-state index contributed by atoms with van der Waals surface area (Å²) in [4.78, 5) is 11.8. The highest BCUT2D eigenvalue weighted by atomic mass is 16.5. The molecule has 1 amide bonds. The maximum atomic E-state index is 11.8. The first kappa shape index (κ1) is 16.5. The molecule has 0 saturated heterocycles. The van der Waals surface area contributed by atoms with E-state index in [0.717, 1.165) is 28.9 Å². The lowest BCUT2D eigenvalue weighted by molar-refractivity contribution is -0.120. The molecule has 5 nitrogen and oxygen atoms in total. The number of phenolic OH excluding ortho intramolecular Hbond substituents is 1. The summed E-state index contributed by atoms with van der Waals surface area (Å²) >= 11 is 0. The monoisotopic (exact) mass is 312 g/mol. The molecule has 5 heteroatoms. The van der Waals surface area contributed by atoms with Crippen molar-refractivity contribution >= 4 is 12.1 Å². The van der Waals surface area contributed by atoms with E-state index in [1.807, 2.05) is 25.1 Å². The number of methoxy groups -OCH3 is 1. The van der Waals surface area contributed by atoms with E-state index in [2.05, 4.69) is 10.5 Å². The van der Waals surface area contributed by atoms with Gasteiger partial charge in [0.05, 0.1) is 19.7 Å². The van der Waals surface area contributed by atoms with Crippen LogP contribution in [0.15, 0.2) is 47.6 Å². The molecule has 0 radical (unpaired) electrons. The van der Waals surface area contributed by atoms with Gasteiger partial charge in [-0.25, -0.2) is 5.43 Å². The summed E-state index contributed by atoms with van der Waals surface area (Å²) in [5.74, 6) is 0.704. The Labute approximate surface area is 135 Å². The van der Waals surface area contributed by atoms with Crippen molar-refractivity contribution in [1.82, 2.24) is 5.43 Å². The quantitative estimate of drug-likeness (QED) is 0.636. The van der Waals surface area contributed by atoms with Crippen LogP contribution in [0.2, 0.25) is 0 Å². The highest BCUT2D eigenvalue weighted by molar-refractivity contribution is 5.84. The maximum Gasteiger partial charge on any atom is 0.244 e. The van der Waals surface area contributed by atoms with Gasteiger partial charge in [0.15, 0.2) is 0 Å². The second kappa shape index (κ2) is 7.98. The second-order valence-electron chi connectivity index (χ2n) is 5.06. The lowest BCUT2D eigenvalue weighted by atomic mass is 10.1. The topological polar surface area (TPSA) is 70.9 Å². The largest absolute Gasteiger partial charge is 0.508 e. The van der Waals surface area contributed by atoms with Crippen molar-refractivity contribution in [3.05, 3.63) is 59.2 Å². The van der Waals surface area contributed by atoms with Crippen molar-refractivity contribution in [2.24, 2.45) is 5.10 Å². The number of hydrazone groups is 1. The third-order valence-electron chi connectivity index (χ3n) is 3.40. The number of hydrogen-bond donors (Lipinski definition) is 2. The van der Waals surface area contributed by atoms with Crippen LogP contribution in [0, 0.1) is 0 Å². The molecule has 23 heavy (non-hydrogen) atoms. The summed E-state index contributed by atoms with van der Waals surface area (Å²) < 4.78 is 5.20. The van der Waals surface area contributed by atoms with Gasteiger partial charge in [-0.05, 0) is 53.4 Å². The molecule has 0 aliphatic carbocycles. The molecule has 0 bridgehead atoms. The van der Waals surface area contributed by atoms with Crippen LogP contribution >= 0.6 is 0 Å². The fourth-order valence-corrected chi connectivity index (χ4v) is 2.21. The predicted octanol–water partition coefficient (Wildman–Crippen LogP) is 2.66. The molecule has 0 saturated carbocycles. The second-order valence-corrected chi connectivity index (χ2v) is 5.06. The Hall–Kier alpha value is -2.82.